The Kier molecular flexibility index (Phi) is 10.2. The highest BCUT2D eigenvalue weighted by Gasteiger charge is 2.18. The first-order valence-corrected chi connectivity index (χ1v) is 7.79. The fourth-order valence-electron chi connectivity index (χ4n) is 2.10. The predicted molar refractivity (Wildman–Crippen MR) is 89.7 cm³/mol. The van der Waals surface area contributed by atoms with E-state index in [0.29, 0.717) is 6.04 Å². The maximum absolute atomic E-state index is 9.21. The molecule has 0 spiro atoms. The highest BCUT2D eigenvalue weighted by molar-refractivity contribution is 5.23. The standard InChI is InChI=1S/C9H17NO.C9H16/c1-7(2)10-8-3-5-9(11)6-4-8;1-5-6-7-9(4)8(2)3/h8-11H,1,3-6H2,2H3;7H,2,5-6H2,1,3-4H3/b;9-7-. The van der Waals surface area contributed by atoms with E-state index in [-0.39, 0.29) is 6.10 Å². The highest BCUT2D eigenvalue weighted by Crippen LogP contribution is 2.18. The highest BCUT2D eigenvalue weighted by atomic mass is 16.3. The summed E-state index contributed by atoms with van der Waals surface area (Å²) in [5.41, 5.74) is 3.55. The Bertz CT molecular complexity index is 322. The van der Waals surface area contributed by atoms with Gasteiger partial charge in [0.05, 0.1) is 6.10 Å². The van der Waals surface area contributed by atoms with Crippen molar-refractivity contribution in [2.45, 2.75) is 78.4 Å². The Morgan fingerprint density at radius 2 is 1.70 bits per heavy atom. The van der Waals surface area contributed by atoms with Gasteiger partial charge in [-0.25, -0.2) is 0 Å². The van der Waals surface area contributed by atoms with Gasteiger partial charge in [-0.1, -0.05) is 43.7 Å². The van der Waals surface area contributed by atoms with Crippen molar-refractivity contribution in [2.75, 3.05) is 0 Å². The van der Waals surface area contributed by atoms with E-state index in [1.807, 2.05) is 13.8 Å². The lowest BCUT2D eigenvalue weighted by Crippen LogP contribution is -2.33. The van der Waals surface area contributed by atoms with Crippen LogP contribution in [0.1, 0.15) is 66.2 Å². The van der Waals surface area contributed by atoms with Crippen molar-refractivity contribution in [1.29, 1.82) is 0 Å². The Morgan fingerprint density at radius 1 is 1.15 bits per heavy atom. The average Bonchev–Trinajstić information content (AvgIpc) is 2.38. The van der Waals surface area contributed by atoms with Crippen LogP contribution in [0.4, 0.5) is 0 Å². The number of hydrogen-bond acceptors (Lipinski definition) is 2. The Labute approximate surface area is 125 Å². The first kappa shape index (κ1) is 19.0. The van der Waals surface area contributed by atoms with E-state index in [1.165, 1.54) is 24.0 Å². The Hall–Kier alpha value is -1.02. The van der Waals surface area contributed by atoms with Gasteiger partial charge in [-0.3, -0.25) is 0 Å². The molecule has 20 heavy (non-hydrogen) atoms. The van der Waals surface area contributed by atoms with Crippen LogP contribution >= 0.6 is 0 Å². The molecule has 0 heterocycles. The molecule has 0 amide bonds. The summed E-state index contributed by atoms with van der Waals surface area (Å²) in [5.74, 6) is 0. The third kappa shape index (κ3) is 9.85. The van der Waals surface area contributed by atoms with Gasteiger partial charge < -0.3 is 10.4 Å². The van der Waals surface area contributed by atoms with Crippen LogP contribution in [0, 0.1) is 0 Å². The zero-order chi connectivity index (χ0) is 15.5. The molecule has 2 N–H and O–H groups in total. The van der Waals surface area contributed by atoms with E-state index in [9.17, 15) is 5.11 Å². The lowest BCUT2D eigenvalue weighted by molar-refractivity contribution is 0.118. The zero-order valence-electron chi connectivity index (χ0n) is 13.8. The smallest absolute Gasteiger partial charge is 0.0541 e. The first-order valence-electron chi connectivity index (χ1n) is 7.79. The second-order valence-corrected chi connectivity index (χ2v) is 5.89. The van der Waals surface area contributed by atoms with Crippen molar-refractivity contribution in [2.24, 2.45) is 0 Å². The average molecular weight is 279 g/mol. The second kappa shape index (κ2) is 10.7. The van der Waals surface area contributed by atoms with Gasteiger partial charge in [-0.15, -0.1) is 0 Å². The van der Waals surface area contributed by atoms with E-state index >= 15 is 0 Å². The van der Waals surface area contributed by atoms with Gasteiger partial charge in [0.1, 0.15) is 0 Å². The van der Waals surface area contributed by atoms with Gasteiger partial charge in [-0.05, 0) is 52.9 Å². The fourth-order valence-corrected chi connectivity index (χ4v) is 2.10. The number of rotatable bonds is 5. The van der Waals surface area contributed by atoms with Crippen molar-refractivity contribution < 1.29 is 5.11 Å². The molecule has 0 bridgehead atoms. The topological polar surface area (TPSA) is 32.3 Å². The van der Waals surface area contributed by atoms with Crippen LogP contribution in [0.25, 0.3) is 0 Å². The van der Waals surface area contributed by atoms with Gasteiger partial charge in [-0.2, -0.15) is 0 Å². The van der Waals surface area contributed by atoms with Crippen molar-refractivity contribution in [3.8, 4) is 0 Å². The third-order valence-electron chi connectivity index (χ3n) is 3.56. The van der Waals surface area contributed by atoms with E-state index < -0.39 is 0 Å². The van der Waals surface area contributed by atoms with E-state index in [1.54, 1.807) is 0 Å². The molecular weight excluding hydrogens is 246 g/mol. The molecule has 0 atom stereocenters. The molecule has 0 aromatic rings. The number of aliphatic hydroxyl groups is 1. The quantitative estimate of drug-likeness (QED) is 0.714. The molecule has 1 aliphatic carbocycles. The van der Waals surface area contributed by atoms with Gasteiger partial charge in [0.15, 0.2) is 0 Å². The summed E-state index contributed by atoms with van der Waals surface area (Å²) in [7, 11) is 0. The van der Waals surface area contributed by atoms with Crippen molar-refractivity contribution in [3.63, 3.8) is 0 Å². The minimum Gasteiger partial charge on any atom is -0.393 e. The first-order chi connectivity index (χ1) is 9.36. The molecule has 0 unspecified atom stereocenters. The predicted octanol–water partition coefficient (Wildman–Crippen LogP) is 4.72. The molecule has 1 saturated carbocycles. The molecule has 1 rings (SSSR count). The number of unbranched alkanes of at least 4 members (excludes halogenated alkanes) is 1. The summed E-state index contributed by atoms with van der Waals surface area (Å²) in [5, 5.41) is 12.5. The molecule has 0 radical (unpaired) electrons. The SMILES string of the molecule is C=C(C)/C(C)=C\CCC.C=C(C)NC1CCC(O)CC1. The second-order valence-electron chi connectivity index (χ2n) is 5.89. The number of allylic oxidation sites excluding steroid dienone is 4. The van der Waals surface area contributed by atoms with Crippen molar-refractivity contribution >= 4 is 0 Å². The molecular formula is C18H33NO. The van der Waals surface area contributed by atoms with Crippen LogP contribution in [0.3, 0.4) is 0 Å². The van der Waals surface area contributed by atoms with E-state index in [2.05, 4.69) is 38.4 Å². The van der Waals surface area contributed by atoms with Gasteiger partial charge in [0, 0.05) is 11.7 Å². The lowest BCUT2D eigenvalue weighted by atomic mass is 9.93. The van der Waals surface area contributed by atoms with Gasteiger partial charge in [0.25, 0.3) is 0 Å². The van der Waals surface area contributed by atoms with Crippen LogP contribution in [-0.2, 0) is 0 Å². The minimum atomic E-state index is -0.0572. The largest absolute Gasteiger partial charge is 0.393 e. The fraction of sp³-hybridized carbons (Fsp3) is 0.667. The molecule has 1 aliphatic rings. The number of aliphatic hydroxyl groups excluding tert-OH is 1. The normalized spacial score (nSPS) is 22.6. The molecule has 2 nitrogen and oxygen atoms in total. The molecule has 1 fully saturated rings. The molecule has 0 saturated heterocycles. The molecule has 0 aromatic carbocycles. The van der Waals surface area contributed by atoms with Gasteiger partial charge >= 0.3 is 0 Å². The maximum atomic E-state index is 9.21. The Morgan fingerprint density at radius 3 is 2.10 bits per heavy atom. The number of hydrogen-bond donors (Lipinski definition) is 2. The van der Waals surface area contributed by atoms with Crippen LogP contribution in [-0.4, -0.2) is 17.3 Å². The summed E-state index contributed by atoms with van der Waals surface area (Å²) in [6.45, 7) is 15.9. The molecule has 116 valence electrons. The van der Waals surface area contributed by atoms with Crippen LogP contribution in [0.5, 0.6) is 0 Å². The van der Waals surface area contributed by atoms with Crippen molar-refractivity contribution in [3.05, 3.63) is 36.1 Å². The summed E-state index contributed by atoms with van der Waals surface area (Å²) in [6.07, 6.45) is 8.61. The van der Waals surface area contributed by atoms with E-state index in [4.69, 9.17) is 0 Å². The maximum Gasteiger partial charge on any atom is 0.0541 e. The molecule has 0 aromatic heterocycles. The monoisotopic (exact) mass is 279 g/mol. The van der Waals surface area contributed by atoms with Crippen molar-refractivity contribution in [1.82, 2.24) is 5.32 Å². The summed E-state index contributed by atoms with van der Waals surface area (Å²) in [6, 6.07) is 0.552. The van der Waals surface area contributed by atoms with Crippen LogP contribution in [0.15, 0.2) is 36.1 Å². The summed E-state index contributed by atoms with van der Waals surface area (Å²) < 4.78 is 0. The van der Waals surface area contributed by atoms with Crippen LogP contribution in [0.2, 0.25) is 0 Å². The molecule has 0 aliphatic heterocycles. The van der Waals surface area contributed by atoms with Gasteiger partial charge in [0.2, 0.25) is 0 Å². The third-order valence-corrected chi connectivity index (χ3v) is 3.56. The lowest BCUT2D eigenvalue weighted by Gasteiger charge is -2.26. The van der Waals surface area contributed by atoms with Crippen LogP contribution < -0.4 is 5.32 Å². The molecule has 2 heteroatoms. The summed E-state index contributed by atoms with van der Waals surface area (Å²) >= 11 is 0. The zero-order valence-corrected chi connectivity index (χ0v) is 13.8. The Balaban J connectivity index is 0.000000370. The minimum absolute atomic E-state index is 0.0572. The number of nitrogens with one attached hydrogen (secondary N) is 1. The van der Waals surface area contributed by atoms with E-state index in [0.717, 1.165) is 31.4 Å². The summed E-state index contributed by atoms with van der Waals surface area (Å²) in [4.78, 5) is 0.